The van der Waals surface area contributed by atoms with Crippen LogP contribution in [0, 0.1) is 17.2 Å². The van der Waals surface area contributed by atoms with Gasteiger partial charge in [0, 0.05) is 24.3 Å². The Hall–Kier alpha value is -2.06. The van der Waals surface area contributed by atoms with Crippen LogP contribution in [0.5, 0.6) is 0 Å². The highest BCUT2D eigenvalue weighted by molar-refractivity contribution is 5.89. The number of urea groups is 1. The molecule has 0 spiro atoms. The van der Waals surface area contributed by atoms with Gasteiger partial charge in [0.2, 0.25) is 0 Å². The molecular formula is C18H25N3O2. The molecule has 3 N–H and O–H groups in total. The fourth-order valence-electron chi connectivity index (χ4n) is 2.99. The van der Waals surface area contributed by atoms with Gasteiger partial charge in [0.15, 0.2) is 0 Å². The van der Waals surface area contributed by atoms with Crippen LogP contribution in [-0.4, -0.2) is 23.8 Å². The van der Waals surface area contributed by atoms with Crippen molar-refractivity contribution in [1.29, 1.82) is 5.26 Å². The predicted octanol–water partition coefficient (Wildman–Crippen LogP) is 3.16. The maximum atomic E-state index is 12.1. The van der Waals surface area contributed by atoms with Crippen LogP contribution in [0.1, 0.15) is 45.1 Å². The molecule has 1 aromatic carbocycles. The molecule has 0 radical (unpaired) electrons. The maximum Gasteiger partial charge on any atom is 0.319 e. The third-order valence-electron chi connectivity index (χ3n) is 4.60. The molecule has 2 rings (SSSR count). The molecule has 5 nitrogen and oxygen atoms in total. The third kappa shape index (κ3) is 4.46. The second kappa shape index (κ2) is 7.47. The molecule has 1 fully saturated rings. The topological polar surface area (TPSA) is 85.2 Å². The summed E-state index contributed by atoms with van der Waals surface area (Å²) in [5, 5.41) is 24.3. The number of hydrogen-bond acceptors (Lipinski definition) is 3. The van der Waals surface area contributed by atoms with Crippen LogP contribution in [0.4, 0.5) is 10.5 Å². The Morgan fingerprint density at radius 2 is 1.96 bits per heavy atom. The summed E-state index contributed by atoms with van der Waals surface area (Å²) in [6.45, 7) is 3.84. The number of aliphatic hydroxyl groups is 1. The second-order valence-corrected chi connectivity index (χ2v) is 6.75. The van der Waals surface area contributed by atoms with Crippen molar-refractivity contribution in [2.75, 3.05) is 11.9 Å². The molecule has 1 aromatic rings. The molecule has 0 saturated heterocycles. The molecule has 1 saturated carbocycles. The standard InChI is InChI=1S/C18H25N3O2/c1-18(2,12-19)14-7-9-15(10-8-14)20-17(23)21-16-6-4-3-5-13(16)11-22/h7-10,13,16,22H,3-6,11H2,1-2H3,(H2,20,21,23)/t13-,16-/m1/s1. The van der Waals surface area contributed by atoms with E-state index in [9.17, 15) is 9.90 Å². The molecule has 23 heavy (non-hydrogen) atoms. The van der Waals surface area contributed by atoms with Crippen LogP contribution >= 0.6 is 0 Å². The molecule has 124 valence electrons. The average molecular weight is 315 g/mol. The summed E-state index contributed by atoms with van der Waals surface area (Å²) >= 11 is 0. The highest BCUT2D eigenvalue weighted by atomic mass is 16.3. The van der Waals surface area contributed by atoms with E-state index < -0.39 is 5.41 Å². The van der Waals surface area contributed by atoms with Gasteiger partial charge in [0.25, 0.3) is 0 Å². The van der Waals surface area contributed by atoms with E-state index in [2.05, 4.69) is 16.7 Å². The van der Waals surface area contributed by atoms with Crippen molar-refractivity contribution < 1.29 is 9.90 Å². The van der Waals surface area contributed by atoms with E-state index in [0.29, 0.717) is 5.69 Å². The Bertz CT molecular complexity index is 575. The predicted molar refractivity (Wildman–Crippen MR) is 90.1 cm³/mol. The minimum absolute atomic E-state index is 0.0329. The van der Waals surface area contributed by atoms with Gasteiger partial charge >= 0.3 is 6.03 Å². The van der Waals surface area contributed by atoms with Crippen LogP contribution < -0.4 is 10.6 Å². The number of benzene rings is 1. The Morgan fingerprint density at radius 3 is 2.57 bits per heavy atom. The number of nitrogens with zero attached hydrogens (tertiary/aromatic N) is 1. The highest BCUT2D eigenvalue weighted by Crippen LogP contribution is 2.25. The van der Waals surface area contributed by atoms with E-state index in [1.807, 2.05) is 26.0 Å². The number of anilines is 1. The number of rotatable bonds is 4. The van der Waals surface area contributed by atoms with Gasteiger partial charge in [0.1, 0.15) is 0 Å². The molecule has 1 aliphatic rings. The summed E-state index contributed by atoms with van der Waals surface area (Å²) in [6.07, 6.45) is 4.06. The summed E-state index contributed by atoms with van der Waals surface area (Å²) in [7, 11) is 0. The molecule has 2 atom stereocenters. The lowest BCUT2D eigenvalue weighted by atomic mass is 9.85. The number of nitriles is 1. The summed E-state index contributed by atoms with van der Waals surface area (Å²) in [6, 6.07) is 9.37. The monoisotopic (exact) mass is 315 g/mol. The lowest BCUT2D eigenvalue weighted by molar-refractivity contribution is 0.156. The van der Waals surface area contributed by atoms with Crippen molar-refractivity contribution in [3.8, 4) is 6.07 Å². The second-order valence-electron chi connectivity index (χ2n) is 6.75. The van der Waals surface area contributed by atoms with Crippen molar-refractivity contribution in [3.05, 3.63) is 29.8 Å². The lowest BCUT2D eigenvalue weighted by Gasteiger charge is -2.30. The van der Waals surface area contributed by atoms with Crippen molar-refractivity contribution in [2.24, 2.45) is 5.92 Å². The smallest absolute Gasteiger partial charge is 0.319 e. The van der Waals surface area contributed by atoms with E-state index in [4.69, 9.17) is 5.26 Å². The Labute approximate surface area is 137 Å². The van der Waals surface area contributed by atoms with Crippen molar-refractivity contribution in [3.63, 3.8) is 0 Å². The number of carbonyl (C=O) groups excluding carboxylic acids is 1. The first-order valence-electron chi connectivity index (χ1n) is 8.16. The first-order chi connectivity index (χ1) is 11.0. The lowest BCUT2D eigenvalue weighted by Crippen LogP contribution is -2.45. The molecule has 0 bridgehead atoms. The first-order valence-corrected chi connectivity index (χ1v) is 8.16. The SMILES string of the molecule is CC(C)(C#N)c1ccc(NC(=O)N[C@@H]2CCCC[C@@H]2CO)cc1. The van der Waals surface area contributed by atoms with E-state index in [0.717, 1.165) is 31.2 Å². The fraction of sp³-hybridized carbons (Fsp3) is 0.556. The minimum atomic E-state index is -0.544. The van der Waals surface area contributed by atoms with Gasteiger partial charge in [-0.15, -0.1) is 0 Å². The van der Waals surface area contributed by atoms with Crippen LogP contribution in [0.2, 0.25) is 0 Å². The van der Waals surface area contributed by atoms with Gasteiger partial charge in [-0.05, 0) is 44.4 Å². The third-order valence-corrected chi connectivity index (χ3v) is 4.60. The summed E-state index contributed by atoms with van der Waals surface area (Å²) in [5.41, 5.74) is 1.06. The maximum absolute atomic E-state index is 12.1. The fourth-order valence-corrected chi connectivity index (χ4v) is 2.99. The molecule has 1 aliphatic carbocycles. The first kappa shape index (κ1) is 17.3. The Kier molecular flexibility index (Phi) is 5.62. The van der Waals surface area contributed by atoms with Gasteiger partial charge in [-0.25, -0.2) is 4.79 Å². The molecule has 0 aromatic heterocycles. The number of hydrogen-bond donors (Lipinski definition) is 3. The number of carbonyl (C=O) groups is 1. The van der Waals surface area contributed by atoms with E-state index in [-0.39, 0.29) is 24.6 Å². The van der Waals surface area contributed by atoms with Gasteiger partial charge in [-0.1, -0.05) is 25.0 Å². The average Bonchev–Trinajstić information content (AvgIpc) is 2.55. The summed E-state index contributed by atoms with van der Waals surface area (Å²) < 4.78 is 0. The van der Waals surface area contributed by atoms with Gasteiger partial charge < -0.3 is 15.7 Å². The summed E-state index contributed by atoms with van der Waals surface area (Å²) in [4.78, 5) is 12.1. The van der Waals surface area contributed by atoms with Gasteiger partial charge in [0.05, 0.1) is 11.5 Å². The highest BCUT2D eigenvalue weighted by Gasteiger charge is 2.26. The largest absolute Gasteiger partial charge is 0.396 e. The quantitative estimate of drug-likeness (QED) is 0.798. The van der Waals surface area contributed by atoms with E-state index in [1.165, 1.54) is 0 Å². The van der Waals surface area contributed by atoms with Crippen LogP contribution in [0.25, 0.3) is 0 Å². The zero-order valence-corrected chi connectivity index (χ0v) is 13.8. The van der Waals surface area contributed by atoms with Crippen LogP contribution in [0.3, 0.4) is 0 Å². The molecule has 2 amide bonds. The molecule has 0 unspecified atom stereocenters. The van der Waals surface area contributed by atoms with Crippen LogP contribution in [-0.2, 0) is 5.41 Å². The van der Waals surface area contributed by atoms with E-state index in [1.54, 1.807) is 12.1 Å². The van der Waals surface area contributed by atoms with Gasteiger partial charge in [-0.2, -0.15) is 5.26 Å². The molecular weight excluding hydrogens is 290 g/mol. The van der Waals surface area contributed by atoms with Crippen molar-refractivity contribution in [1.82, 2.24) is 5.32 Å². The molecule has 0 aliphatic heterocycles. The molecule has 5 heteroatoms. The zero-order chi connectivity index (χ0) is 16.9. The van der Waals surface area contributed by atoms with Crippen LogP contribution in [0.15, 0.2) is 24.3 Å². The zero-order valence-electron chi connectivity index (χ0n) is 13.8. The number of nitrogens with one attached hydrogen (secondary N) is 2. The van der Waals surface area contributed by atoms with E-state index >= 15 is 0 Å². The van der Waals surface area contributed by atoms with Gasteiger partial charge in [-0.3, -0.25) is 0 Å². The minimum Gasteiger partial charge on any atom is -0.396 e. The summed E-state index contributed by atoms with van der Waals surface area (Å²) in [5.74, 6) is 0.147. The van der Waals surface area contributed by atoms with Crippen molar-refractivity contribution >= 4 is 11.7 Å². The number of amides is 2. The van der Waals surface area contributed by atoms with Crippen molar-refractivity contribution in [2.45, 2.75) is 51.0 Å². The number of aliphatic hydroxyl groups excluding tert-OH is 1. The Morgan fingerprint density at radius 1 is 1.30 bits per heavy atom. The molecule has 0 heterocycles. The Balaban J connectivity index is 1.94. The normalized spacial score (nSPS) is 21.3.